The first-order chi connectivity index (χ1) is 14.6. The van der Waals surface area contributed by atoms with Gasteiger partial charge in [0.1, 0.15) is 5.78 Å². The van der Waals surface area contributed by atoms with Crippen molar-refractivity contribution in [2.45, 2.75) is 111 Å². The Balaban J connectivity index is 1.39. The summed E-state index contributed by atoms with van der Waals surface area (Å²) in [5, 5.41) is 11.3. The van der Waals surface area contributed by atoms with Crippen LogP contribution < -0.4 is 0 Å². The lowest BCUT2D eigenvalue weighted by Gasteiger charge is -2.59. The maximum atomic E-state index is 12.8. The monoisotopic (exact) mass is 426 g/mol. The van der Waals surface area contributed by atoms with Gasteiger partial charge in [0.2, 0.25) is 0 Å². The summed E-state index contributed by atoms with van der Waals surface area (Å²) in [6, 6.07) is 0. The van der Waals surface area contributed by atoms with Gasteiger partial charge in [-0.3, -0.25) is 4.79 Å². The number of carbonyl (C=O) groups excluding carboxylic acids is 1. The van der Waals surface area contributed by atoms with E-state index in [1.807, 2.05) is 0 Å². The first-order valence-electron chi connectivity index (χ1n) is 13.6. The molecule has 0 saturated heterocycles. The zero-order chi connectivity index (χ0) is 22.2. The van der Waals surface area contributed by atoms with Gasteiger partial charge < -0.3 is 5.11 Å². The fourth-order valence-electron chi connectivity index (χ4n) is 9.70. The van der Waals surface area contributed by atoms with Gasteiger partial charge in [0.05, 0.1) is 11.5 Å². The van der Waals surface area contributed by atoms with Gasteiger partial charge in [0.25, 0.3) is 0 Å². The Labute approximate surface area is 190 Å². The third-order valence-electron chi connectivity index (χ3n) is 11.3. The lowest BCUT2D eigenvalue weighted by atomic mass is 9.45. The Morgan fingerprint density at radius 1 is 1.06 bits per heavy atom. The molecule has 1 spiro atoms. The molecular formula is C29H46O2. The third kappa shape index (κ3) is 3.17. The van der Waals surface area contributed by atoms with Crippen molar-refractivity contribution in [1.29, 1.82) is 0 Å². The molecule has 1 N–H and O–H groups in total. The molecule has 0 unspecified atom stereocenters. The second kappa shape index (κ2) is 7.44. The highest BCUT2D eigenvalue weighted by Gasteiger charge is 2.66. The standard InChI is InChI=1S/C29H46O2/c1-18(2)7-6-8-19(3)26-23(30)17-22-20-9-10-24-27(4,21(20)11-13-28(22,26)5)14-12-25(31)29(24)15-16-29/h10,18-23,26,30H,6-9,11-17H2,1-5H3/t19-,20-,21+,22+,23+,26+,27-,28+/m1/s1. The summed E-state index contributed by atoms with van der Waals surface area (Å²) in [6.45, 7) is 12.1. The first kappa shape index (κ1) is 22.2. The number of rotatable bonds is 5. The van der Waals surface area contributed by atoms with Crippen molar-refractivity contribution in [2.24, 2.45) is 51.8 Å². The molecule has 0 aromatic carbocycles. The Hall–Kier alpha value is -0.630. The van der Waals surface area contributed by atoms with Crippen molar-refractivity contribution >= 4 is 5.78 Å². The highest BCUT2D eigenvalue weighted by atomic mass is 16.3. The van der Waals surface area contributed by atoms with Crippen LogP contribution in [0.15, 0.2) is 11.6 Å². The molecule has 8 atom stereocenters. The van der Waals surface area contributed by atoms with Gasteiger partial charge in [-0.05, 0) is 91.3 Å². The minimum absolute atomic E-state index is 0.0403. The van der Waals surface area contributed by atoms with Crippen molar-refractivity contribution in [3.63, 3.8) is 0 Å². The van der Waals surface area contributed by atoms with Crippen molar-refractivity contribution in [3.05, 3.63) is 11.6 Å². The third-order valence-corrected chi connectivity index (χ3v) is 11.3. The van der Waals surface area contributed by atoms with Gasteiger partial charge in [0.15, 0.2) is 0 Å². The molecule has 0 bridgehead atoms. The molecule has 2 nitrogen and oxygen atoms in total. The Kier molecular flexibility index (Phi) is 5.32. The van der Waals surface area contributed by atoms with E-state index in [4.69, 9.17) is 0 Å². The van der Waals surface area contributed by atoms with Crippen LogP contribution in [0.25, 0.3) is 0 Å². The largest absolute Gasteiger partial charge is 0.393 e. The van der Waals surface area contributed by atoms with Gasteiger partial charge in [0, 0.05) is 6.42 Å². The minimum Gasteiger partial charge on any atom is -0.393 e. The molecule has 0 aliphatic heterocycles. The van der Waals surface area contributed by atoms with Gasteiger partial charge >= 0.3 is 0 Å². The number of ketones is 1. The van der Waals surface area contributed by atoms with Gasteiger partial charge in [-0.2, -0.15) is 0 Å². The minimum atomic E-state index is -0.122. The van der Waals surface area contributed by atoms with Crippen LogP contribution in [0.3, 0.4) is 0 Å². The highest BCUT2D eigenvalue weighted by molar-refractivity contribution is 5.92. The van der Waals surface area contributed by atoms with E-state index in [0.717, 1.165) is 50.4 Å². The molecule has 4 saturated carbocycles. The fraction of sp³-hybridized carbons (Fsp3) is 0.897. The zero-order valence-electron chi connectivity index (χ0n) is 20.8. The molecule has 2 heteroatoms. The number of aliphatic hydroxyl groups is 1. The molecule has 0 amide bonds. The van der Waals surface area contributed by atoms with E-state index in [0.29, 0.717) is 34.9 Å². The predicted molar refractivity (Wildman–Crippen MR) is 126 cm³/mol. The summed E-state index contributed by atoms with van der Waals surface area (Å²) >= 11 is 0. The molecule has 0 heterocycles. The Morgan fingerprint density at radius 2 is 1.81 bits per heavy atom. The molecule has 5 aliphatic carbocycles. The quantitative estimate of drug-likeness (QED) is 0.483. The van der Waals surface area contributed by atoms with Crippen molar-refractivity contribution in [3.8, 4) is 0 Å². The molecule has 31 heavy (non-hydrogen) atoms. The first-order valence-corrected chi connectivity index (χ1v) is 13.6. The average molecular weight is 427 g/mol. The van der Waals surface area contributed by atoms with Crippen LogP contribution in [0.2, 0.25) is 0 Å². The van der Waals surface area contributed by atoms with E-state index in [1.165, 1.54) is 32.1 Å². The molecule has 4 fully saturated rings. The van der Waals surface area contributed by atoms with Crippen molar-refractivity contribution in [1.82, 2.24) is 0 Å². The Bertz CT molecular complexity index is 761. The fourth-order valence-corrected chi connectivity index (χ4v) is 9.70. The van der Waals surface area contributed by atoms with Gasteiger partial charge in [-0.15, -0.1) is 0 Å². The summed E-state index contributed by atoms with van der Waals surface area (Å²) < 4.78 is 0. The SMILES string of the molecule is CC(C)CCC[C@@H](C)[C@H]1[C@@H](O)C[C@H]2[C@@H]3CC=C4C5(CC5)C(=O)CC[C@]4(C)[C@H]3CC[C@]12C. The number of Topliss-reactive ketones (excluding diaryl/α,β-unsaturated/α-hetero) is 1. The summed E-state index contributed by atoms with van der Waals surface area (Å²) in [4.78, 5) is 12.8. The predicted octanol–water partition coefficient (Wildman–Crippen LogP) is 6.96. The van der Waals surface area contributed by atoms with E-state index >= 15 is 0 Å². The van der Waals surface area contributed by atoms with E-state index in [1.54, 1.807) is 5.57 Å². The number of hydrogen-bond donors (Lipinski definition) is 1. The van der Waals surface area contributed by atoms with Crippen LogP contribution in [0, 0.1) is 51.8 Å². The van der Waals surface area contributed by atoms with Gasteiger partial charge in [-0.1, -0.05) is 65.5 Å². The van der Waals surface area contributed by atoms with E-state index in [2.05, 4.69) is 40.7 Å². The molecule has 0 radical (unpaired) electrons. The average Bonchev–Trinajstić information content (AvgIpc) is 3.43. The van der Waals surface area contributed by atoms with E-state index in [9.17, 15) is 9.90 Å². The topological polar surface area (TPSA) is 37.3 Å². The molecule has 5 aliphatic rings. The molecule has 0 aromatic rings. The summed E-state index contributed by atoms with van der Waals surface area (Å²) in [6.07, 6.45) is 15.1. The zero-order valence-corrected chi connectivity index (χ0v) is 20.8. The van der Waals surface area contributed by atoms with Crippen LogP contribution in [0.1, 0.15) is 105 Å². The molecule has 5 rings (SSSR count). The van der Waals surface area contributed by atoms with E-state index < -0.39 is 0 Å². The molecular weight excluding hydrogens is 380 g/mol. The van der Waals surface area contributed by atoms with Gasteiger partial charge in [-0.25, -0.2) is 0 Å². The Morgan fingerprint density at radius 3 is 2.48 bits per heavy atom. The number of allylic oxidation sites excluding steroid dienone is 2. The maximum Gasteiger partial charge on any atom is 0.143 e. The van der Waals surface area contributed by atoms with Crippen LogP contribution in [0.4, 0.5) is 0 Å². The number of fused-ring (bicyclic) bond motifs is 6. The van der Waals surface area contributed by atoms with Crippen molar-refractivity contribution < 1.29 is 9.90 Å². The summed E-state index contributed by atoms with van der Waals surface area (Å²) in [5.74, 6) is 4.49. The number of carbonyl (C=O) groups is 1. The second-order valence-electron chi connectivity index (χ2n) is 13.3. The summed E-state index contributed by atoms with van der Waals surface area (Å²) in [7, 11) is 0. The summed E-state index contributed by atoms with van der Waals surface area (Å²) in [5.41, 5.74) is 2.04. The van der Waals surface area contributed by atoms with Crippen molar-refractivity contribution in [2.75, 3.05) is 0 Å². The maximum absolute atomic E-state index is 12.8. The van der Waals surface area contributed by atoms with Crippen LogP contribution >= 0.6 is 0 Å². The van der Waals surface area contributed by atoms with Crippen LogP contribution in [-0.2, 0) is 4.79 Å². The lowest BCUT2D eigenvalue weighted by Crippen LogP contribution is -2.52. The molecule has 0 aromatic heterocycles. The smallest absolute Gasteiger partial charge is 0.143 e. The van der Waals surface area contributed by atoms with Crippen LogP contribution in [0.5, 0.6) is 0 Å². The van der Waals surface area contributed by atoms with E-state index in [-0.39, 0.29) is 16.9 Å². The molecule has 174 valence electrons. The highest BCUT2D eigenvalue weighted by Crippen LogP contribution is 2.72. The van der Waals surface area contributed by atoms with Crippen LogP contribution in [-0.4, -0.2) is 17.0 Å². The normalized spacial score (nSPS) is 46.4. The lowest BCUT2D eigenvalue weighted by molar-refractivity contribution is -0.128. The number of hydrogen-bond acceptors (Lipinski definition) is 2. The second-order valence-corrected chi connectivity index (χ2v) is 13.3. The number of aliphatic hydroxyl groups excluding tert-OH is 1.